The molecule has 6 heteroatoms. The highest BCUT2D eigenvalue weighted by atomic mass is 32.1. The third-order valence-electron chi connectivity index (χ3n) is 6.68. The molecule has 0 bridgehead atoms. The van der Waals surface area contributed by atoms with Crippen molar-refractivity contribution in [1.82, 2.24) is 9.97 Å². The highest BCUT2D eigenvalue weighted by Gasteiger charge is 2.23. The summed E-state index contributed by atoms with van der Waals surface area (Å²) in [6, 6.07) is 28.8. The van der Waals surface area contributed by atoms with Crippen LogP contribution in [0.25, 0.3) is 65.0 Å². The number of thiophene rings is 2. The van der Waals surface area contributed by atoms with Gasteiger partial charge in [-0.3, -0.25) is 9.97 Å². The molecule has 0 saturated heterocycles. The molecule has 0 amide bonds. The third kappa shape index (κ3) is 3.40. The van der Waals surface area contributed by atoms with Gasteiger partial charge in [0.15, 0.2) is 0 Å². The molecule has 0 aliphatic carbocycles. The molecule has 7 rings (SSSR count). The SMILES string of the molecule is N#C/C(=C\c1sc2cccc3c4c(/C(C#N)=C/c5ccccn5)sc5cccc(c1c23)c54)c1ccccn1. The van der Waals surface area contributed by atoms with Gasteiger partial charge in [-0.2, -0.15) is 10.5 Å². The molecule has 4 aromatic heterocycles. The van der Waals surface area contributed by atoms with Crippen LogP contribution in [0.2, 0.25) is 0 Å². The maximum absolute atomic E-state index is 10.2. The number of hydrogen-bond donors (Lipinski definition) is 0. The Labute approximate surface area is 226 Å². The molecule has 0 spiro atoms. The third-order valence-corrected chi connectivity index (χ3v) is 8.97. The van der Waals surface area contributed by atoms with Crippen LogP contribution in [0.4, 0.5) is 0 Å². The van der Waals surface area contributed by atoms with Gasteiger partial charge in [0, 0.05) is 48.2 Å². The van der Waals surface area contributed by atoms with Crippen LogP contribution < -0.4 is 0 Å². The van der Waals surface area contributed by atoms with Gasteiger partial charge in [-0.1, -0.05) is 36.4 Å². The van der Waals surface area contributed by atoms with E-state index in [0.29, 0.717) is 16.8 Å². The number of hydrogen-bond acceptors (Lipinski definition) is 6. The molecule has 3 aromatic carbocycles. The summed E-state index contributed by atoms with van der Waals surface area (Å²) in [4.78, 5) is 10.8. The van der Waals surface area contributed by atoms with Gasteiger partial charge >= 0.3 is 0 Å². The largest absolute Gasteiger partial charge is 0.257 e. The van der Waals surface area contributed by atoms with E-state index in [-0.39, 0.29) is 0 Å². The average molecular weight is 521 g/mol. The van der Waals surface area contributed by atoms with Crippen molar-refractivity contribution in [2.24, 2.45) is 0 Å². The number of allylic oxidation sites excluding steroid dienone is 2. The molecule has 0 aliphatic rings. The second-order valence-electron chi connectivity index (χ2n) is 8.81. The molecule has 38 heavy (non-hydrogen) atoms. The van der Waals surface area contributed by atoms with Crippen molar-refractivity contribution >= 4 is 87.7 Å². The lowest BCUT2D eigenvalue weighted by Crippen LogP contribution is -1.86. The molecule has 176 valence electrons. The lowest BCUT2D eigenvalue weighted by Gasteiger charge is -2.08. The molecule has 0 unspecified atom stereocenters. The molecular weight excluding hydrogens is 505 g/mol. The van der Waals surface area contributed by atoms with Gasteiger partial charge < -0.3 is 0 Å². The summed E-state index contributed by atoms with van der Waals surface area (Å²) in [5.74, 6) is 0. The number of nitrogens with zero attached hydrogens (tertiary/aromatic N) is 4. The van der Waals surface area contributed by atoms with Crippen molar-refractivity contribution in [3.05, 3.63) is 106 Å². The van der Waals surface area contributed by atoms with E-state index >= 15 is 0 Å². The smallest absolute Gasteiger partial charge is 0.101 e. The zero-order valence-electron chi connectivity index (χ0n) is 19.8. The van der Waals surface area contributed by atoms with E-state index in [2.05, 4.69) is 58.5 Å². The van der Waals surface area contributed by atoms with Gasteiger partial charge in [0.25, 0.3) is 0 Å². The summed E-state index contributed by atoms with van der Waals surface area (Å²) in [7, 11) is 0. The zero-order chi connectivity index (χ0) is 25.6. The molecule has 4 heterocycles. The fourth-order valence-corrected chi connectivity index (χ4v) is 7.52. The van der Waals surface area contributed by atoms with E-state index in [1.165, 1.54) is 0 Å². The van der Waals surface area contributed by atoms with Gasteiger partial charge in [-0.25, -0.2) is 0 Å². The zero-order valence-corrected chi connectivity index (χ0v) is 21.5. The Kier molecular flexibility index (Phi) is 5.23. The summed E-state index contributed by atoms with van der Waals surface area (Å²) < 4.78 is 2.28. The van der Waals surface area contributed by atoms with E-state index in [1.807, 2.05) is 48.6 Å². The molecule has 4 nitrogen and oxygen atoms in total. The van der Waals surface area contributed by atoms with Gasteiger partial charge in [-0.05, 0) is 59.3 Å². The van der Waals surface area contributed by atoms with Crippen molar-refractivity contribution < 1.29 is 0 Å². The van der Waals surface area contributed by atoms with Crippen LogP contribution in [0.1, 0.15) is 21.1 Å². The first-order valence-electron chi connectivity index (χ1n) is 11.9. The standard InChI is InChI=1S/C32H16N4S2/c33-17-19(24-10-2-4-14-36-24)16-27-30-22-8-5-12-26-29(22)31(23-9-6-11-25(37-27)28(23)30)32(38-26)20(18-34)15-21-7-1-3-13-35-21/h1-16H/b19-16+,20-15+. The number of fused-ring (bicyclic) bond motifs is 2. The van der Waals surface area contributed by atoms with E-state index in [4.69, 9.17) is 0 Å². The molecule has 0 radical (unpaired) electrons. The maximum atomic E-state index is 10.2. The number of pyridine rings is 2. The second-order valence-corrected chi connectivity index (χ2v) is 11.0. The highest BCUT2D eigenvalue weighted by molar-refractivity contribution is 7.22. The summed E-state index contributed by atoms with van der Waals surface area (Å²) in [6.45, 7) is 0. The van der Waals surface area contributed by atoms with Gasteiger partial charge in [0.1, 0.15) is 12.1 Å². The second kappa shape index (κ2) is 8.90. The normalized spacial score (nSPS) is 12.5. The molecule has 0 aliphatic heterocycles. The Balaban J connectivity index is 1.58. The van der Waals surface area contributed by atoms with Crippen LogP contribution in [0.3, 0.4) is 0 Å². The molecule has 7 aromatic rings. The molecule has 0 atom stereocenters. The highest BCUT2D eigenvalue weighted by Crippen LogP contribution is 2.50. The topological polar surface area (TPSA) is 73.4 Å². The maximum Gasteiger partial charge on any atom is 0.101 e. The quantitative estimate of drug-likeness (QED) is 0.172. The molecule has 0 fully saturated rings. The Morgan fingerprint density at radius 2 is 1.32 bits per heavy atom. The minimum atomic E-state index is 0.531. The van der Waals surface area contributed by atoms with Crippen molar-refractivity contribution in [2.75, 3.05) is 0 Å². The van der Waals surface area contributed by atoms with Gasteiger partial charge in [0.2, 0.25) is 0 Å². The number of aromatic nitrogens is 2. The number of rotatable bonds is 4. The monoisotopic (exact) mass is 520 g/mol. The van der Waals surface area contributed by atoms with Crippen molar-refractivity contribution in [3.8, 4) is 12.1 Å². The van der Waals surface area contributed by atoms with E-state index < -0.39 is 0 Å². The predicted octanol–water partition coefficient (Wildman–Crippen LogP) is 8.78. The number of benzene rings is 3. The fourth-order valence-electron chi connectivity index (χ4n) is 5.12. The minimum Gasteiger partial charge on any atom is -0.257 e. The fraction of sp³-hybridized carbons (Fsp3) is 0. The summed E-state index contributed by atoms with van der Waals surface area (Å²) >= 11 is 3.32. The van der Waals surface area contributed by atoms with Crippen molar-refractivity contribution in [1.29, 1.82) is 10.5 Å². The molecular formula is C32H16N4S2. The van der Waals surface area contributed by atoms with Crippen LogP contribution in [0.5, 0.6) is 0 Å². The van der Waals surface area contributed by atoms with E-state index in [1.54, 1.807) is 35.1 Å². The molecule has 0 saturated carbocycles. The lowest BCUT2D eigenvalue weighted by atomic mass is 9.93. The summed E-state index contributed by atoms with van der Waals surface area (Å²) in [6.07, 6.45) is 7.27. The Hall–Kier alpha value is -4.88. The van der Waals surface area contributed by atoms with Crippen molar-refractivity contribution in [2.45, 2.75) is 0 Å². The van der Waals surface area contributed by atoms with Crippen LogP contribution in [-0.4, -0.2) is 9.97 Å². The summed E-state index contributed by atoms with van der Waals surface area (Å²) in [5, 5.41) is 27.0. The average Bonchev–Trinajstić information content (AvgIpc) is 3.54. The van der Waals surface area contributed by atoms with E-state index in [9.17, 15) is 10.5 Å². The van der Waals surface area contributed by atoms with Crippen LogP contribution in [0, 0.1) is 22.7 Å². The van der Waals surface area contributed by atoms with Gasteiger partial charge in [0.05, 0.1) is 27.4 Å². The van der Waals surface area contributed by atoms with E-state index in [0.717, 1.165) is 57.2 Å². The first kappa shape index (κ1) is 22.3. The Morgan fingerprint density at radius 1 is 0.632 bits per heavy atom. The first-order chi connectivity index (χ1) is 18.8. The van der Waals surface area contributed by atoms with Crippen LogP contribution >= 0.6 is 22.7 Å². The first-order valence-corrected chi connectivity index (χ1v) is 13.6. The van der Waals surface area contributed by atoms with Crippen molar-refractivity contribution in [3.63, 3.8) is 0 Å². The molecule has 0 N–H and O–H groups in total. The van der Waals surface area contributed by atoms with Crippen LogP contribution in [0.15, 0.2) is 85.2 Å². The lowest BCUT2D eigenvalue weighted by molar-refractivity contribution is 1.28. The Morgan fingerprint density at radius 3 is 2.00 bits per heavy atom. The number of nitriles is 2. The van der Waals surface area contributed by atoms with Gasteiger partial charge in [-0.15, -0.1) is 22.7 Å². The summed E-state index contributed by atoms with van der Waals surface area (Å²) in [5.41, 5.74) is 2.54. The Bertz CT molecular complexity index is 2140. The minimum absolute atomic E-state index is 0.531. The predicted molar refractivity (Wildman–Crippen MR) is 159 cm³/mol. The van der Waals surface area contributed by atoms with Crippen LogP contribution in [-0.2, 0) is 0 Å².